The molecule has 2 aliphatic rings. The van der Waals surface area contributed by atoms with Crippen LogP contribution in [0.25, 0.3) is 0 Å². The van der Waals surface area contributed by atoms with Gasteiger partial charge in [0.2, 0.25) is 6.29 Å². The van der Waals surface area contributed by atoms with E-state index in [0.717, 1.165) is 16.2 Å². The zero-order valence-corrected chi connectivity index (χ0v) is 22.8. The summed E-state index contributed by atoms with van der Waals surface area (Å²) in [5, 5.41) is 6.72. The monoisotopic (exact) mass is 573 g/mol. The van der Waals surface area contributed by atoms with Crippen molar-refractivity contribution in [3.63, 3.8) is 0 Å². The van der Waals surface area contributed by atoms with E-state index in [1.54, 1.807) is 13.8 Å². The summed E-state index contributed by atoms with van der Waals surface area (Å²) < 4.78 is 33.1. The summed E-state index contributed by atoms with van der Waals surface area (Å²) in [6, 6.07) is -1.25. The zero-order valence-electron chi connectivity index (χ0n) is 21.1. The lowest BCUT2D eigenvalue weighted by Crippen LogP contribution is -2.74. The van der Waals surface area contributed by atoms with Gasteiger partial charge >= 0.3 is 12.1 Å². The highest BCUT2D eigenvalue weighted by Crippen LogP contribution is 2.35. The summed E-state index contributed by atoms with van der Waals surface area (Å²) >= 11 is 1.07. The van der Waals surface area contributed by atoms with Gasteiger partial charge in [-0.3, -0.25) is 18.7 Å². The van der Waals surface area contributed by atoms with Gasteiger partial charge in [0.25, 0.3) is 11.8 Å². The van der Waals surface area contributed by atoms with E-state index in [9.17, 15) is 23.4 Å². The van der Waals surface area contributed by atoms with Crippen LogP contribution in [0.3, 0.4) is 0 Å². The minimum absolute atomic E-state index is 0.121. The summed E-state index contributed by atoms with van der Waals surface area (Å²) in [5.74, 6) is -2.69. The highest BCUT2D eigenvalue weighted by Gasteiger charge is 2.57. The molecule has 3 rings (SSSR count). The van der Waals surface area contributed by atoms with Gasteiger partial charge in [0.05, 0.1) is 29.3 Å². The molecule has 3 N–H and O–H groups in total. The first-order valence-electron chi connectivity index (χ1n) is 11.1. The number of hydrogen-bond donors (Lipinski definition) is 2. The first-order chi connectivity index (χ1) is 18.0. The minimum Gasteiger partial charge on any atom is -0.431 e. The van der Waals surface area contributed by atoms with Crippen molar-refractivity contribution in [1.29, 1.82) is 0 Å². The van der Waals surface area contributed by atoms with E-state index in [-0.39, 0.29) is 40.2 Å². The molecule has 0 aromatic carbocycles. The van der Waals surface area contributed by atoms with Gasteiger partial charge in [-0.25, -0.2) is 14.6 Å². The van der Waals surface area contributed by atoms with Gasteiger partial charge in [0, 0.05) is 19.4 Å². The highest BCUT2D eigenvalue weighted by atomic mass is 32.2. The number of carbonyl (C=O) groups is 4. The normalized spacial score (nSPS) is 21.8. The second kappa shape index (κ2) is 12.3. The molecular formula is C21H27N5O10S2. The Morgan fingerprint density at radius 1 is 1.26 bits per heavy atom. The number of nitrogens with zero attached hydrogens (tertiary/aromatic N) is 3. The van der Waals surface area contributed by atoms with Crippen LogP contribution in [0.1, 0.15) is 26.5 Å². The van der Waals surface area contributed by atoms with Crippen molar-refractivity contribution in [2.75, 3.05) is 32.3 Å². The number of rotatable bonds is 10. The van der Waals surface area contributed by atoms with Gasteiger partial charge < -0.3 is 34.8 Å². The van der Waals surface area contributed by atoms with Crippen molar-refractivity contribution in [2.45, 2.75) is 44.6 Å². The Balaban J connectivity index is 1.79. The third kappa shape index (κ3) is 6.28. The lowest BCUT2D eigenvalue weighted by Gasteiger charge is -2.49. The molecule has 38 heavy (non-hydrogen) atoms. The molecule has 0 spiro atoms. The zero-order chi connectivity index (χ0) is 28.1. The number of nitrogens with two attached hydrogens (primary N) is 1. The van der Waals surface area contributed by atoms with Crippen LogP contribution >= 0.6 is 11.3 Å². The Kier molecular flexibility index (Phi) is 9.40. The van der Waals surface area contributed by atoms with Crippen LogP contribution in [0.5, 0.6) is 0 Å². The molecule has 1 saturated heterocycles. The third-order valence-corrected chi connectivity index (χ3v) is 7.36. The van der Waals surface area contributed by atoms with Crippen molar-refractivity contribution >= 4 is 56.9 Å². The minimum atomic E-state index is -1.72. The molecule has 1 unspecified atom stereocenters. The smallest absolute Gasteiger partial charge is 0.431 e. The highest BCUT2D eigenvalue weighted by molar-refractivity contribution is 7.86. The SMILES string of the molecule is COCC1=C(C(=O)O[C@@H](C)OC(=O)OC(C)C)N2C(=O)[C@@H](NC(=O)/C(=N/OC)c3csc(N)n3)[C@H]2S(=O)C1. The van der Waals surface area contributed by atoms with Crippen LogP contribution in [0.2, 0.25) is 0 Å². The van der Waals surface area contributed by atoms with Crippen LogP contribution < -0.4 is 11.1 Å². The van der Waals surface area contributed by atoms with Crippen LogP contribution in [0.4, 0.5) is 9.93 Å². The lowest BCUT2D eigenvalue weighted by molar-refractivity contribution is -0.169. The standard InChI is InChI=1S/C21H27N5O10S2/c1-9(2)34-21(30)36-10(3)35-19(29)15-11(6-32-4)8-38(31)18-14(17(28)26(15)18)24-16(27)13(25-33-5)12-7-37-20(22)23-12/h7,9-10,14,18H,6,8H2,1-5H3,(H2,22,23)(H,24,27)/b25-13+/t10-,14-,18-,38?/m1/s1. The summed E-state index contributed by atoms with van der Waals surface area (Å²) in [6.07, 6.45) is -2.86. The number of β-lactam (4-membered cyclic amide) rings is 1. The Morgan fingerprint density at radius 3 is 2.55 bits per heavy atom. The molecule has 2 amide bonds. The molecule has 4 atom stereocenters. The van der Waals surface area contributed by atoms with E-state index in [0.29, 0.717) is 0 Å². The van der Waals surface area contributed by atoms with Gasteiger partial charge in [-0.1, -0.05) is 5.16 Å². The maximum absolute atomic E-state index is 13.1. The van der Waals surface area contributed by atoms with Crippen molar-refractivity contribution < 1.29 is 47.2 Å². The molecule has 17 heteroatoms. The molecule has 0 aliphatic carbocycles. The molecule has 3 heterocycles. The number of methoxy groups -OCH3 is 1. The molecular weight excluding hydrogens is 546 g/mol. The molecule has 1 aromatic heterocycles. The number of anilines is 1. The van der Waals surface area contributed by atoms with Crippen molar-refractivity contribution in [3.8, 4) is 0 Å². The van der Waals surface area contributed by atoms with Crippen LogP contribution in [0.15, 0.2) is 21.8 Å². The van der Waals surface area contributed by atoms with Crippen LogP contribution in [-0.4, -0.2) is 94.1 Å². The molecule has 1 aromatic rings. The van der Waals surface area contributed by atoms with Gasteiger partial charge in [-0.05, 0) is 19.4 Å². The molecule has 0 saturated carbocycles. The molecule has 0 bridgehead atoms. The van der Waals surface area contributed by atoms with E-state index in [1.165, 1.54) is 26.5 Å². The van der Waals surface area contributed by atoms with Crippen LogP contribution in [0, 0.1) is 0 Å². The second-order valence-electron chi connectivity index (χ2n) is 8.16. The first kappa shape index (κ1) is 29.0. The van der Waals surface area contributed by atoms with E-state index in [2.05, 4.69) is 15.5 Å². The predicted octanol–water partition coefficient (Wildman–Crippen LogP) is -0.157. The Bertz CT molecular complexity index is 1200. The molecule has 0 radical (unpaired) electrons. The maximum atomic E-state index is 13.1. The molecule has 1 fully saturated rings. The van der Waals surface area contributed by atoms with E-state index in [1.807, 2.05) is 0 Å². The number of nitrogen functional groups attached to an aromatic ring is 1. The average Bonchev–Trinajstić information content (AvgIpc) is 3.25. The topological polar surface area (TPSA) is 198 Å². The van der Waals surface area contributed by atoms with E-state index < -0.39 is 58.5 Å². The average molecular weight is 574 g/mol. The number of esters is 1. The number of fused-ring (bicyclic) bond motifs is 1. The van der Waals surface area contributed by atoms with Crippen molar-refractivity contribution in [2.24, 2.45) is 5.16 Å². The summed E-state index contributed by atoms with van der Waals surface area (Å²) in [6.45, 7) is 4.40. The van der Waals surface area contributed by atoms with E-state index in [4.69, 9.17) is 29.5 Å². The number of aromatic nitrogens is 1. The largest absolute Gasteiger partial charge is 0.511 e. The van der Waals surface area contributed by atoms with Gasteiger partial charge in [-0.15, -0.1) is 11.3 Å². The fourth-order valence-corrected chi connectivity index (χ4v) is 5.83. The fraction of sp³-hybridized carbons (Fsp3) is 0.524. The van der Waals surface area contributed by atoms with Crippen LogP contribution in [-0.2, 0) is 49.0 Å². The third-order valence-electron chi connectivity index (χ3n) is 5.03. The van der Waals surface area contributed by atoms with E-state index >= 15 is 0 Å². The first-order valence-corrected chi connectivity index (χ1v) is 13.4. The second-order valence-corrected chi connectivity index (χ2v) is 10.6. The molecule has 2 aliphatic heterocycles. The van der Waals surface area contributed by atoms with Gasteiger partial charge in [-0.2, -0.15) is 0 Å². The van der Waals surface area contributed by atoms with Gasteiger partial charge in [0.15, 0.2) is 10.8 Å². The molecule has 15 nitrogen and oxygen atoms in total. The Morgan fingerprint density at radius 2 is 1.97 bits per heavy atom. The van der Waals surface area contributed by atoms with Crippen molar-refractivity contribution in [3.05, 3.63) is 22.3 Å². The summed E-state index contributed by atoms with van der Waals surface area (Å²) in [5.41, 5.74) is 5.53. The maximum Gasteiger partial charge on any atom is 0.511 e. The fourth-order valence-electron chi connectivity index (χ4n) is 3.61. The number of hydrogen-bond acceptors (Lipinski definition) is 14. The molecule has 208 valence electrons. The van der Waals surface area contributed by atoms with Crippen molar-refractivity contribution in [1.82, 2.24) is 15.2 Å². The predicted molar refractivity (Wildman–Crippen MR) is 133 cm³/mol. The summed E-state index contributed by atoms with van der Waals surface area (Å²) in [4.78, 5) is 60.5. The Hall–Kier alpha value is -3.57. The summed E-state index contributed by atoms with van der Waals surface area (Å²) in [7, 11) is 0.872. The number of oxime groups is 1. The van der Waals surface area contributed by atoms with Gasteiger partial charge in [0.1, 0.15) is 29.9 Å². The number of ether oxygens (including phenoxy) is 4. The number of carbonyl (C=O) groups excluding carboxylic acids is 4. The lowest BCUT2D eigenvalue weighted by atomic mass is 10.0. The number of thiazole rings is 1. The quantitative estimate of drug-likeness (QED) is 0.123. The number of amides is 2. The Labute approximate surface area is 223 Å². The number of nitrogens with one attached hydrogen (secondary N) is 1.